The van der Waals surface area contributed by atoms with Gasteiger partial charge in [-0.15, -0.1) is 0 Å². The van der Waals surface area contributed by atoms with Gasteiger partial charge in [-0.2, -0.15) is 0 Å². The lowest BCUT2D eigenvalue weighted by molar-refractivity contribution is 0.295. The number of hydrogen-bond donors (Lipinski definition) is 2. The van der Waals surface area contributed by atoms with Crippen molar-refractivity contribution in [2.75, 3.05) is 28.4 Å². The van der Waals surface area contributed by atoms with E-state index in [4.69, 9.17) is 23.7 Å². The quantitative estimate of drug-likeness (QED) is 0.771. The number of rotatable bonds is 6. The van der Waals surface area contributed by atoms with Crippen molar-refractivity contribution in [3.63, 3.8) is 0 Å². The number of phenols is 2. The lowest BCUT2D eigenvalue weighted by atomic mass is 10.1. The lowest BCUT2D eigenvalue weighted by Gasteiger charge is -2.21. The highest BCUT2D eigenvalue weighted by atomic mass is 16.6. The number of benzene rings is 2. The first kappa shape index (κ1) is 18.4. The topological polar surface area (TPSA) is 86.6 Å². The molecule has 7 heteroatoms. The van der Waals surface area contributed by atoms with Crippen LogP contribution < -0.4 is 23.7 Å². The average Bonchev–Trinajstić information content (AvgIpc) is 2.61. The summed E-state index contributed by atoms with van der Waals surface area (Å²) in [5.74, 6) is 0.908. The van der Waals surface area contributed by atoms with Crippen LogP contribution in [0.2, 0.25) is 0 Å². The molecule has 0 aromatic heterocycles. The SMILES string of the molecule is COc1c(C)c(OC)c(OC)c(Oc2ccc(C)c(O)c2O)c1OC. The molecule has 0 aliphatic rings. The minimum absolute atomic E-state index is 0.0349. The van der Waals surface area contributed by atoms with Crippen molar-refractivity contribution in [1.82, 2.24) is 0 Å². The summed E-state index contributed by atoms with van der Waals surface area (Å²) in [7, 11) is 5.91. The zero-order chi connectivity index (χ0) is 18.7. The fourth-order valence-electron chi connectivity index (χ4n) is 2.56. The van der Waals surface area contributed by atoms with Gasteiger partial charge in [0, 0.05) is 5.56 Å². The standard InChI is InChI=1S/C18H22O7/c1-9-7-8-11(13(20)12(9)19)25-18-16(23-5)14(21-3)10(2)15(22-4)17(18)24-6/h7-8,19-20H,1-6H3. The maximum absolute atomic E-state index is 10.2. The molecule has 0 amide bonds. The molecule has 0 aliphatic carbocycles. The molecule has 0 unspecified atom stereocenters. The Kier molecular flexibility index (Phi) is 5.36. The highest BCUT2D eigenvalue weighted by Gasteiger charge is 2.28. The Morgan fingerprint density at radius 2 is 1.12 bits per heavy atom. The van der Waals surface area contributed by atoms with Crippen LogP contribution in [0.1, 0.15) is 11.1 Å². The minimum Gasteiger partial charge on any atom is -0.504 e. The molecular formula is C18H22O7. The van der Waals surface area contributed by atoms with Crippen molar-refractivity contribution in [3.05, 3.63) is 23.3 Å². The molecule has 0 heterocycles. The predicted molar refractivity (Wildman–Crippen MR) is 92.0 cm³/mol. The predicted octanol–water partition coefficient (Wildman–Crippen LogP) is 3.54. The summed E-state index contributed by atoms with van der Waals surface area (Å²) in [5, 5.41) is 20.1. The molecule has 0 saturated heterocycles. The largest absolute Gasteiger partial charge is 0.504 e. The fourth-order valence-corrected chi connectivity index (χ4v) is 2.56. The molecule has 0 saturated carbocycles. The smallest absolute Gasteiger partial charge is 0.219 e. The molecule has 2 N–H and O–H groups in total. The Morgan fingerprint density at radius 1 is 0.640 bits per heavy atom. The number of aromatic hydroxyl groups is 2. The Morgan fingerprint density at radius 3 is 1.56 bits per heavy atom. The van der Waals surface area contributed by atoms with E-state index in [-0.39, 0.29) is 34.5 Å². The van der Waals surface area contributed by atoms with Crippen molar-refractivity contribution in [2.24, 2.45) is 0 Å². The van der Waals surface area contributed by atoms with Crippen molar-refractivity contribution >= 4 is 0 Å². The Labute approximate surface area is 146 Å². The normalized spacial score (nSPS) is 10.3. The Hall–Kier alpha value is -2.96. The summed E-state index contributed by atoms with van der Waals surface area (Å²) < 4.78 is 27.5. The van der Waals surface area contributed by atoms with Crippen molar-refractivity contribution < 1.29 is 33.9 Å². The monoisotopic (exact) mass is 350 g/mol. The zero-order valence-electron chi connectivity index (χ0n) is 15.1. The zero-order valence-corrected chi connectivity index (χ0v) is 15.1. The first-order valence-corrected chi connectivity index (χ1v) is 7.47. The number of hydrogen-bond acceptors (Lipinski definition) is 7. The lowest BCUT2D eigenvalue weighted by Crippen LogP contribution is -2.03. The maximum Gasteiger partial charge on any atom is 0.219 e. The van der Waals surface area contributed by atoms with Gasteiger partial charge in [0.05, 0.1) is 28.4 Å². The van der Waals surface area contributed by atoms with Crippen LogP contribution in [0.15, 0.2) is 12.1 Å². The van der Waals surface area contributed by atoms with Gasteiger partial charge < -0.3 is 33.9 Å². The van der Waals surface area contributed by atoms with Gasteiger partial charge >= 0.3 is 0 Å². The molecular weight excluding hydrogens is 328 g/mol. The average molecular weight is 350 g/mol. The fraction of sp³-hybridized carbons (Fsp3) is 0.333. The minimum atomic E-state index is -0.386. The van der Waals surface area contributed by atoms with Gasteiger partial charge in [0.15, 0.2) is 23.0 Å². The van der Waals surface area contributed by atoms with Crippen molar-refractivity contribution in [3.8, 4) is 46.0 Å². The molecule has 0 atom stereocenters. The van der Waals surface area contributed by atoms with Crippen molar-refractivity contribution in [2.45, 2.75) is 13.8 Å². The molecule has 136 valence electrons. The molecule has 7 nitrogen and oxygen atoms in total. The van der Waals surface area contributed by atoms with Crippen LogP contribution in [0.5, 0.6) is 46.0 Å². The van der Waals surface area contributed by atoms with E-state index >= 15 is 0 Å². The van der Waals surface area contributed by atoms with Gasteiger partial charge in [0.25, 0.3) is 0 Å². The molecule has 0 radical (unpaired) electrons. The van der Waals surface area contributed by atoms with E-state index in [9.17, 15) is 10.2 Å². The third-order valence-electron chi connectivity index (χ3n) is 3.85. The van der Waals surface area contributed by atoms with E-state index in [1.54, 1.807) is 19.9 Å². The first-order valence-electron chi connectivity index (χ1n) is 7.47. The summed E-state index contributed by atoms with van der Waals surface area (Å²) in [6.07, 6.45) is 0. The molecule has 2 aromatic carbocycles. The van der Waals surface area contributed by atoms with Crippen LogP contribution in [-0.2, 0) is 0 Å². The second-order valence-corrected chi connectivity index (χ2v) is 5.27. The van der Waals surface area contributed by atoms with E-state index in [1.807, 2.05) is 0 Å². The number of ether oxygens (including phenoxy) is 5. The van der Waals surface area contributed by atoms with E-state index in [2.05, 4.69) is 0 Å². The highest BCUT2D eigenvalue weighted by molar-refractivity contribution is 5.71. The molecule has 0 spiro atoms. The van der Waals surface area contributed by atoms with Crippen LogP contribution in [0.3, 0.4) is 0 Å². The second-order valence-electron chi connectivity index (χ2n) is 5.27. The molecule has 2 aromatic rings. The molecule has 0 bridgehead atoms. The summed E-state index contributed by atoms with van der Waals surface area (Å²) in [5.41, 5.74) is 1.19. The molecule has 25 heavy (non-hydrogen) atoms. The van der Waals surface area contributed by atoms with E-state index < -0.39 is 0 Å². The van der Waals surface area contributed by atoms with Gasteiger partial charge in [-0.1, -0.05) is 6.07 Å². The van der Waals surface area contributed by atoms with Gasteiger partial charge in [-0.05, 0) is 25.5 Å². The van der Waals surface area contributed by atoms with E-state index in [0.717, 1.165) is 0 Å². The Balaban J connectivity index is 2.73. The summed E-state index contributed by atoms with van der Waals surface area (Å²) in [6.45, 7) is 3.46. The number of methoxy groups -OCH3 is 4. The third kappa shape index (κ3) is 3.05. The maximum atomic E-state index is 10.2. The highest BCUT2D eigenvalue weighted by Crippen LogP contribution is 2.55. The summed E-state index contributed by atoms with van der Waals surface area (Å²) in [6, 6.07) is 3.15. The Bertz CT molecular complexity index is 751. The van der Waals surface area contributed by atoms with Crippen LogP contribution in [-0.4, -0.2) is 38.7 Å². The molecule has 0 aliphatic heterocycles. The van der Waals surface area contributed by atoms with Gasteiger partial charge in [0.2, 0.25) is 23.0 Å². The van der Waals surface area contributed by atoms with Crippen molar-refractivity contribution in [1.29, 1.82) is 0 Å². The number of aryl methyl sites for hydroxylation is 1. The van der Waals surface area contributed by atoms with Crippen LogP contribution in [0.25, 0.3) is 0 Å². The van der Waals surface area contributed by atoms with Gasteiger partial charge in [0.1, 0.15) is 0 Å². The number of phenolic OH excluding ortho intramolecular Hbond substituents is 2. The second kappa shape index (κ2) is 7.29. The first-order chi connectivity index (χ1) is 11.9. The van der Waals surface area contributed by atoms with Crippen LogP contribution in [0.4, 0.5) is 0 Å². The van der Waals surface area contributed by atoms with Crippen LogP contribution >= 0.6 is 0 Å². The van der Waals surface area contributed by atoms with E-state index in [1.165, 1.54) is 34.5 Å². The summed E-state index contributed by atoms with van der Waals surface area (Å²) in [4.78, 5) is 0. The summed E-state index contributed by atoms with van der Waals surface area (Å²) >= 11 is 0. The van der Waals surface area contributed by atoms with Gasteiger partial charge in [-0.25, -0.2) is 0 Å². The van der Waals surface area contributed by atoms with Gasteiger partial charge in [-0.3, -0.25) is 0 Å². The van der Waals surface area contributed by atoms with Crippen LogP contribution in [0, 0.1) is 13.8 Å². The molecule has 2 rings (SSSR count). The molecule has 0 fully saturated rings. The van der Waals surface area contributed by atoms with E-state index in [0.29, 0.717) is 22.6 Å². The third-order valence-corrected chi connectivity index (χ3v) is 3.85.